The molecule has 6 nitrogen and oxygen atoms in total. The molecule has 2 heterocycles. The first-order valence-corrected chi connectivity index (χ1v) is 12.5. The molecule has 0 radical (unpaired) electrons. The molecule has 4 N–H and O–H groups in total. The van der Waals surface area contributed by atoms with Gasteiger partial charge in [0.15, 0.2) is 0 Å². The van der Waals surface area contributed by atoms with Crippen molar-refractivity contribution in [2.75, 3.05) is 24.4 Å². The maximum absolute atomic E-state index is 13.3. The van der Waals surface area contributed by atoms with Gasteiger partial charge < -0.3 is 5.32 Å². The van der Waals surface area contributed by atoms with E-state index in [9.17, 15) is 13.9 Å². The second kappa shape index (κ2) is 7.98. The number of benzene rings is 2. The summed E-state index contributed by atoms with van der Waals surface area (Å²) in [5.74, 6) is 0.0876. The molecule has 31 heavy (non-hydrogen) atoms. The highest BCUT2D eigenvalue weighted by molar-refractivity contribution is 8.28. The highest BCUT2D eigenvalue weighted by Crippen LogP contribution is 2.51. The fraction of sp³-hybridized carbons (Fsp3) is 0.375. The average molecular weight is 440 g/mol. The Labute approximate surface area is 184 Å². The molecule has 2 aromatic rings. The van der Waals surface area contributed by atoms with Gasteiger partial charge in [0.05, 0.1) is 17.1 Å². The van der Waals surface area contributed by atoms with Crippen LogP contribution < -0.4 is 10.0 Å². The minimum Gasteiger partial charge on any atom is -0.353 e. The van der Waals surface area contributed by atoms with Gasteiger partial charge in [0.1, 0.15) is 0 Å². The number of nitrogens with one attached hydrogen (secondary N) is 2. The summed E-state index contributed by atoms with van der Waals surface area (Å²) in [7, 11) is -2.91. The minimum absolute atomic E-state index is 0.0876. The summed E-state index contributed by atoms with van der Waals surface area (Å²) >= 11 is 0. The van der Waals surface area contributed by atoms with Crippen LogP contribution >= 0.6 is 10.8 Å². The van der Waals surface area contributed by atoms with Crippen LogP contribution in [0, 0.1) is 0 Å². The second-order valence-electron chi connectivity index (χ2n) is 8.76. The molecule has 7 heteroatoms. The Bertz CT molecular complexity index is 998. The lowest BCUT2D eigenvalue weighted by atomic mass is 9.92. The molecule has 5 rings (SSSR count). The van der Waals surface area contributed by atoms with E-state index in [-0.39, 0.29) is 11.9 Å². The maximum Gasteiger partial charge on any atom is 0.230 e. The molecule has 0 bridgehead atoms. The van der Waals surface area contributed by atoms with Gasteiger partial charge in [-0.05, 0) is 68.1 Å². The van der Waals surface area contributed by atoms with Crippen molar-refractivity contribution in [3.63, 3.8) is 0 Å². The van der Waals surface area contributed by atoms with Crippen LogP contribution in [0.15, 0.2) is 53.9 Å². The molecule has 3 aliphatic rings. The Morgan fingerprint density at radius 1 is 1.13 bits per heavy atom. The molecule has 1 unspecified atom stereocenters. The number of hydrogen-bond acceptors (Lipinski definition) is 5. The minimum atomic E-state index is -2.91. The monoisotopic (exact) mass is 439 g/mol. The summed E-state index contributed by atoms with van der Waals surface area (Å²) in [5.41, 5.74) is 3.32. The van der Waals surface area contributed by atoms with Gasteiger partial charge in [-0.1, -0.05) is 47.2 Å². The van der Waals surface area contributed by atoms with Crippen LogP contribution in [0.5, 0.6) is 0 Å². The Morgan fingerprint density at radius 3 is 2.58 bits per heavy atom. The van der Waals surface area contributed by atoms with Crippen molar-refractivity contribution in [2.24, 2.45) is 0 Å². The standard InChI is InChI=1S/C24H29N3O3S/c28-23(25-17-22(27-13-4-5-14-27)18-6-2-1-3-7-18)24(11-12-24)20-8-9-21-19(16-20)10-15-31(29,30)26-21/h1-3,6-10,15-16,22,26,29-30H,4-5,11-14,17H2,(H,25,28). The van der Waals surface area contributed by atoms with Crippen molar-refractivity contribution < 1.29 is 13.9 Å². The number of carbonyl (C=O) groups excluding carboxylic acids is 1. The van der Waals surface area contributed by atoms with E-state index in [0.29, 0.717) is 12.2 Å². The quantitative estimate of drug-likeness (QED) is 0.523. The van der Waals surface area contributed by atoms with Crippen molar-refractivity contribution in [2.45, 2.75) is 37.1 Å². The van der Waals surface area contributed by atoms with Crippen LogP contribution in [0.3, 0.4) is 0 Å². The van der Waals surface area contributed by atoms with E-state index in [0.717, 1.165) is 37.1 Å². The van der Waals surface area contributed by atoms with Gasteiger partial charge >= 0.3 is 0 Å². The van der Waals surface area contributed by atoms with E-state index in [1.54, 1.807) is 6.08 Å². The predicted octanol–water partition coefficient (Wildman–Crippen LogP) is 4.73. The van der Waals surface area contributed by atoms with Gasteiger partial charge in [-0.25, -0.2) is 0 Å². The van der Waals surface area contributed by atoms with Gasteiger partial charge in [0.25, 0.3) is 0 Å². The van der Waals surface area contributed by atoms with Crippen molar-refractivity contribution in [1.82, 2.24) is 10.2 Å². The second-order valence-corrected chi connectivity index (χ2v) is 10.4. The van der Waals surface area contributed by atoms with E-state index < -0.39 is 16.2 Å². The molecule has 1 saturated carbocycles. The zero-order chi connectivity index (χ0) is 21.5. The third-order valence-corrected chi connectivity index (χ3v) is 7.74. The molecule has 164 valence electrons. The van der Waals surface area contributed by atoms with Crippen LogP contribution in [-0.2, 0) is 10.2 Å². The van der Waals surface area contributed by atoms with E-state index in [2.05, 4.69) is 39.2 Å². The molecular weight excluding hydrogens is 410 g/mol. The fourth-order valence-corrected chi connectivity index (χ4v) is 5.69. The molecular formula is C24H29N3O3S. The molecule has 2 aliphatic heterocycles. The lowest BCUT2D eigenvalue weighted by Gasteiger charge is -2.34. The van der Waals surface area contributed by atoms with Crippen molar-refractivity contribution in [3.05, 3.63) is 70.6 Å². The van der Waals surface area contributed by atoms with Crippen LogP contribution in [0.1, 0.15) is 48.4 Å². The van der Waals surface area contributed by atoms with Crippen molar-refractivity contribution in [1.29, 1.82) is 0 Å². The van der Waals surface area contributed by atoms with Gasteiger partial charge in [0.2, 0.25) is 5.91 Å². The third kappa shape index (κ3) is 4.11. The maximum atomic E-state index is 13.3. The first-order valence-electron chi connectivity index (χ1n) is 10.9. The van der Waals surface area contributed by atoms with Gasteiger partial charge in [-0.15, -0.1) is 0 Å². The van der Waals surface area contributed by atoms with Crippen LogP contribution in [0.4, 0.5) is 5.69 Å². The molecule has 1 saturated heterocycles. The molecule has 1 aliphatic carbocycles. The number of likely N-dealkylation sites (tertiary alicyclic amines) is 1. The number of rotatable bonds is 6. The van der Waals surface area contributed by atoms with Gasteiger partial charge in [-0.3, -0.25) is 23.5 Å². The van der Waals surface area contributed by atoms with E-state index in [1.807, 2.05) is 24.3 Å². The van der Waals surface area contributed by atoms with E-state index in [1.165, 1.54) is 23.8 Å². The summed E-state index contributed by atoms with van der Waals surface area (Å²) < 4.78 is 22.4. The Kier molecular flexibility index (Phi) is 5.30. The molecule has 0 aromatic heterocycles. The van der Waals surface area contributed by atoms with E-state index in [4.69, 9.17) is 0 Å². The average Bonchev–Trinajstić information content (AvgIpc) is 3.41. The Hall–Kier alpha value is -2.32. The summed E-state index contributed by atoms with van der Waals surface area (Å²) in [5, 5.41) is 4.65. The number of carbonyl (C=O) groups is 1. The number of nitrogens with zero attached hydrogens (tertiary/aromatic N) is 1. The van der Waals surface area contributed by atoms with Crippen molar-refractivity contribution in [3.8, 4) is 0 Å². The Balaban J connectivity index is 1.32. The first-order chi connectivity index (χ1) is 15.0. The number of fused-ring (bicyclic) bond motifs is 1. The van der Waals surface area contributed by atoms with Crippen LogP contribution in [0.2, 0.25) is 0 Å². The SMILES string of the molecule is O=C(NCC(c1ccccc1)N1CCCC1)C1(c2ccc3c(c2)C=CS(O)(O)N3)CC1. The summed E-state index contributed by atoms with van der Waals surface area (Å²) in [6.07, 6.45) is 5.82. The largest absolute Gasteiger partial charge is 0.353 e. The number of anilines is 1. The zero-order valence-electron chi connectivity index (χ0n) is 17.5. The first kappa shape index (κ1) is 20.6. The summed E-state index contributed by atoms with van der Waals surface area (Å²) in [6.45, 7) is 2.76. The van der Waals surface area contributed by atoms with Gasteiger partial charge in [-0.2, -0.15) is 0 Å². The van der Waals surface area contributed by atoms with Crippen molar-refractivity contribution >= 4 is 28.4 Å². The fourth-order valence-electron chi connectivity index (χ4n) is 4.77. The van der Waals surface area contributed by atoms with Crippen LogP contribution in [-0.4, -0.2) is 39.5 Å². The summed E-state index contributed by atoms with van der Waals surface area (Å²) in [6, 6.07) is 16.4. The van der Waals surface area contributed by atoms with Gasteiger partial charge in [0, 0.05) is 17.5 Å². The summed E-state index contributed by atoms with van der Waals surface area (Å²) in [4.78, 5) is 15.8. The molecule has 1 amide bonds. The van der Waals surface area contributed by atoms with E-state index >= 15 is 0 Å². The zero-order valence-corrected chi connectivity index (χ0v) is 18.3. The van der Waals surface area contributed by atoms with Crippen LogP contribution in [0.25, 0.3) is 6.08 Å². The topological polar surface area (TPSA) is 84.8 Å². The number of amides is 1. The molecule has 2 aromatic carbocycles. The highest BCUT2D eigenvalue weighted by Gasteiger charge is 2.51. The molecule has 2 fully saturated rings. The molecule has 0 spiro atoms. The highest BCUT2D eigenvalue weighted by atomic mass is 32.3. The lowest BCUT2D eigenvalue weighted by Crippen LogP contribution is -2.41. The third-order valence-electron chi connectivity index (χ3n) is 6.71. The normalized spacial score (nSPS) is 22.8. The number of hydrogen-bond donors (Lipinski definition) is 4. The molecule has 1 atom stereocenters. The predicted molar refractivity (Wildman–Crippen MR) is 126 cm³/mol. The smallest absolute Gasteiger partial charge is 0.230 e. The Morgan fingerprint density at radius 2 is 1.87 bits per heavy atom. The lowest BCUT2D eigenvalue weighted by molar-refractivity contribution is -0.123.